The predicted molar refractivity (Wildman–Crippen MR) is 108 cm³/mol. The van der Waals surface area contributed by atoms with E-state index < -0.39 is 0 Å². The van der Waals surface area contributed by atoms with E-state index in [1.54, 1.807) is 23.1 Å². The van der Waals surface area contributed by atoms with Crippen molar-refractivity contribution >= 4 is 22.8 Å². The Hall–Kier alpha value is -3.48. The number of nitrogens with one attached hydrogen (secondary N) is 1. The van der Waals surface area contributed by atoms with E-state index in [0.29, 0.717) is 23.6 Å². The van der Waals surface area contributed by atoms with Crippen LogP contribution in [0.4, 0.5) is 5.82 Å². The van der Waals surface area contributed by atoms with Crippen molar-refractivity contribution in [2.45, 2.75) is 33.4 Å². The number of carbonyl (C=O) groups is 1. The molecular formula is C21H22N6O. The molecule has 1 aromatic carbocycles. The van der Waals surface area contributed by atoms with Crippen LogP contribution >= 0.6 is 0 Å². The number of anilines is 1. The molecule has 0 radical (unpaired) electrons. The van der Waals surface area contributed by atoms with Crippen LogP contribution in [0.25, 0.3) is 11.0 Å². The number of fused-ring (bicyclic) bond motifs is 1. The number of rotatable bonds is 5. The van der Waals surface area contributed by atoms with Crippen molar-refractivity contribution in [1.29, 1.82) is 0 Å². The quantitative estimate of drug-likeness (QED) is 0.576. The lowest BCUT2D eigenvalue weighted by Crippen LogP contribution is -2.18. The van der Waals surface area contributed by atoms with Gasteiger partial charge in [0.25, 0.3) is 5.91 Å². The van der Waals surface area contributed by atoms with E-state index in [2.05, 4.69) is 34.3 Å². The highest BCUT2D eigenvalue weighted by atomic mass is 16.1. The molecule has 0 fully saturated rings. The Morgan fingerprint density at radius 2 is 1.93 bits per heavy atom. The third-order valence-electron chi connectivity index (χ3n) is 4.63. The lowest BCUT2D eigenvalue weighted by molar-refractivity contribution is 0.102. The number of benzene rings is 1. The standard InChI is InChI=1S/C21H22N6O/c1-14(2)27-20-17(12-23-27)11-18(15(3)24-20)21(28)25-19-9-10-22-26(19)13-16-7-5-4-6-8-16/h4-12,14H,13H2,1-3H3,(H,25,28). The molecule has 0 unspecified atom stereocenters. The molecule has 7 heteroatoms. The first-order valence-electron chi connectivity index (χ1n) is 9.25. The summed E-state index contributed by atoms with van der Waals surface area (Å²) in [4.78, 5) is 17.5. The molecule has 4 aromatic rings. The molecule has 0 aliphatic rings. The third-order valence-corrected chi connectivity index (χ3v) is 4.63. The van der Waals surface area contributed by atoms with Crippen LogP contribution in [0.3, 0.4) is 0 Å². The van der Waals surface area contributed by atoms with Gasteiger partial charge in [0.15, 0.2) is 5.65 Å². The fraction of sp³-hybridized carbons (Fsp3) is 0.238. The Labute approximate surface area is 163 Å². The van der Waals surface area contributed by atoms with Crippen LogP contribution in [0.2, 0.25) is 0 Å². The van der Waals surface area contributed by atoms with Crippen LogP contribution in [0.1, 0.15) is 41.5 Å². The van der Waals surface area contributed by atoms with Gasteiger partial charge in [-0.2, -0.15) is 10.2 Å². The molecule has 28 heavy (non-hydrogen) atoms. The van der Waals surface area contributed by atoms with Gasteiger partial charge in [-0.3, -0.25) is 4.79 Å². The summed E-state index contributed by atoms with van der Waals surface area (Å²) in [5.41, 5.74) is 3.10. The first-order chi connectivity index (χ1) is 13.5. The van der Waals surface area contributed by atoms with Crippen molar-refractivity contribution in [1.82, 2.24) is 24.5 Å². The molecule has 0 bridgehead atoms. The fourth-order valence-electron chi connectivity index (χ4n) is 3.18. The minimum Gasteiger partial charge on any atom is -0.307 e. The van der Waals surface area contributed by atoms with Crippen molar-refractivity contribution in [3.63, 3.8) is 0 Å². The van der Waals surface area contributed by atoms with Gasteiger partial charge < -0.3 is 5.32 Å². The first kappa shape index (κ1) is 17.9. The Kier molecular flexibility index (Phi) is 4.65. The number of amides is 1. The summed E-state index contributed by atoms with van der Waals surface area (Å²) < 4.78 is 3.63. The van der Waals surface area contributed by atoms with E-state index in [0.717, 1.165) is 16.6 Å². The fourth-order valence-corrected chi connectivity index (χ4v) is 3.18. The molecule has 0 atom stereocenters. The second-order valence-corrected chi connectivity index (χ2v) is 7.03. The summed E-state index contributed by atoms with van der Waals surface area (Å²) in [6.45, 7) is 6.53. The smallest absolute Gasteiger partial charge is 0.258 e. The van der Waals surface area contributed by atoms with Crippen LogP contribution in [0.15, 0.2) is 54.9 Å². The number of pyridine rings is 1. The minimum absolute atomic E-state index is 0.205. The molecule has 1 N–H and O–H groups in total. The Bertz CT molecular complexity index is 1130. The molecule has 142 valence electrons. The van der Waals surface area contributed by atoms with Crippen LogP contribution in [-0.4, -0.2) is 30.5 Å². The molecule has 0 aliphatic heterocycles. The summed E-state index contributed by atoms with van der Waals surface area (Å²) >= 11 is 0. The molecule has 0 aliphatic carbocycles. The van der Waals surface area contributed by atoms with E-state index >= 15 is 0 Å². The molecule has 1 amide bonds. The summed E-state index contributed by atoms with van der Waals surface area (Å²) in [6.07, 6.45) is 3.43. The lowest BCUT2D eigenvalue weighted by atomic mass is 10.1. The van der Waals surface area contributed by atoms with E-state index in [1.165, 1.54) is 0 Å². The average molecular weight is 374 g/mol. The highest BCUT2D eigenvalue weighted by Gasteiger charge is 2.16. The third kappa shape index (κ3) is 3.38. The van der Waals surface area contributed by atoms with Crippen LogP contribution < -0.4 is 5.32 Å². The largest absolute Gasteiger partial charge is 0.307 e. The predicted octanol–water partition coefficient (Wildman–Crippen LogP) is 3.82. The van der Waals surface area contributed by atoms with E-state index in [4.69, 9.17) is 0 Å². The molecule has 4 rings (SSSR count). The zero-order chi connectivity index (χ0) is 19.7. The van der Waals surface area contributed by atoms with Gasteiger partial charge >= 0.3 is 0 Å². The van der Waals surface area contributed by atoms with Crippen LogP contribution in [0, 0.1) is 6.92 Å². The summed E-state index contributed by atoms with van der Waals surface area (Å²) in [6, 6.07) is 13.8. The summed E-state index contributed by atoms with van der Waals surface area (Å²) in [5.74, 6) is 0.435. The highest BCUT2D eigenvalue weighted by Crippen LogP contribution is 2.20. The van der Waals surface area contributed by atoms with Gasteiger partial charge in [-0.1, -0.05) is 30.3 Å². The monoisotopic (exact) mass is 374 g/mol. The topological polar surface area (TPSA) is 77.6 Å². The molecule has 3 aromatic heterocycles. The van der Waals surface area contributed by atoms with Gasteiger partial charge in [0.2, 0.25) is 0 Å². The zero-order valence-corrected chi connectivity index (χ0v) is 16.1. The second kappa shape index (κ2) is 7.26. The maximum atomic E-state index is 12.9. The van der Waals surface area contributed by atoms with Gasteiger partial charge in [0.05, 0.1) is 30.2 Å². The number of hydrogen-bond acceptors (Lipinski definition) is 4. The molecule has 3 heterocycles. The van der Waals surface area contributed by atoms with Crippen molar-refractivity contribution in [3.05, 3.63) is 71.7 Å². The van der Waals surface area contributed by atoms with Gasteiger partial charge in [0.1, 0.15) is 5.82 Å². The molecule has 0 saturated heterocycles. The number of nitrogens with zero attached hydrogens (tertiary/aromatic N) is 5. The van der Waals surface area contributed by atoms with Crippen LogP contribution in [-0.2, 0) is 6.54 Å². The van der Waals surface area contributed by atoms with Gasteiger partial charge in [-0.05, 0) is 32.4 Å². The van der Waals surface area contributed by atoms with E-state index in [9.17, 15) is 4.79 Å². The second-order valence-electron chi connectivity index (χ2n) is 7.03. The Morgan fingerprint density at radius 1 is 1.14 bits per heavy atom. The molecular weight excluding hydrogens is 352 g/mol. The first-order valence-corrected chi connectivity index (χ1v) is 9.25. The average Bonchev–Trinajstić information content (AvgIpc) is 3.28. The minimum atomic E-state index is -0.209. The lowest BCUT2D eigenvalue weighted by Gasteiger charge is -2.11. The summed E-state index contributed by atoms with van der Waals surface area (Å²) in [7, 11) is 0. The number of carbonyl (C=O) groups excluding carboxylic acids is 1. The van der Waals surface area contributed by atoms with Crippen molar-refractivity contribution in [3.8, 4) is 0 Å². The summed E-state index contributed by atoms with van der Waals surface area (Å²) in [5, 5.41) is 12.5. The maximum absolute atomic E-state index is 12.9. The van der Waals surface area contributed by atoms with Crippen LogP contribution in [0.5, 0.6) is 0 Å². The van der Waals surface area contributed by atoms with E-state index in [1.807, 2.05) is 48.0 Å². The molecule has 0 spiro atoms. The number of aryl methyl sites for hydroxylation is 1. The van der Waals surface area contributed by atoms with E-state index in [-0.39, 0.29) is 11.9 Å². The Morgan fingerprint density at radius 3 is 2.68 bits per heavy atom. The SMILES string of the molecule is Cc1nc2c(cnn2C(C)C)cc1C(=O)Nc1ccnn1Cc1ccccc1. The zero-order valence-electron chi connectivity index (χ0n) is 16.1. The normalized spacial score (nSPS) is 11.3. The number of aromatic nitrogens is 5. The molecule has 0 saturated carbocycles. The van der Waals surface area contributed by atoms with Crippen molar-refractivity contribution in [2.24, 2.45) is 0 Å². The number of hydrogen-bond donors (Lipinski definition) is 1. The van der Waals surface area contributed by atoms with Gasteiger partial charge in [-0.15, -0.1) is 0 Å². The van der Waals surface area contributed by atoms with Crippen molar-refractivity contribution in [2.75, 3.05) is 5.32 Å². The van der Waals surface area contributed by atoms with Gasteiger partial charge in [-0.25, -0.2) is 14.3 Å². The Balaban J connectivity index is 1.59. The molecule has 7 nitrogen and oxygen atoms in total. The van der Waals surface area contributed by atoms with Crippen molar-refractivity contribution < 1.29 is 4.79 Å². The van der Waals surface area contributed by atoms with Gasteiger partial charge in [0, 0.05) is 17.5 Å². The maximum Gasteiger partial charge on any atom is 0.258 e. The highest BCUT2D eigenvalue weighted by molar-refractivity contribution is 6.06.